The van der Waals surface area contributed by atoms with E-state index in [0.717, 1.165) is 25.7 Å². The fraction of sp³-hybridized carbons (Fsp3) is 0.833. The summed E-state index contributed by atoms with van der Waals surface area (Å²) in [5.41, 5.74) is 0. The molecule has 0 spiro atoms. The zero-order valence-electron chi connectivity index (χ0n) is 11.0. The van der Waals surface area contributed by atoms with E-state index in [9.17, 15) is 9.59 Å². The molecule has 0 radical (unpaired) electrons. The summed E-state index contributed by atoms with van der Waals surface area (Å²) in [5, 5.41) is 12.3. The van der Waals surface area contributed by atoms with Gasteiger partial charge in [-0.15, -0.1) is 0 Å². The predicted molar refractivity (Wildman–Crippen MR) is 73.0 cm³/mol. The minimum Gasteiger partial charge on any atom is -0.480 e. The first-order chi connectivity index (χ1) is 8.56. The van der Waals surface area contributed by atoms with Crippen LogP contribution in [0.5, 0.6) is 0 Å². The number of urea groups is 1. The molecule has 0 aromatic heterocycles. The Hall–Kier alpha value is -0.910. The quantitative estimate of drug-likeness (QED) is 0.774. The average molecular weight is 274 g/mol. The molecule has 1 rings (SSSR count). The molecule has 1 aliphatic rings. The molecule has 0 heterocycles. The molecule has 0 aromatic rings. The fourth-order valence-electron chi connectivity index (χ4n) is 2.24. The number of carbonyl (C=O) groups is 2. The second-order valence-corrected chi connectivity index (χ2v) is 5.77. The van der Waals surface area contributed by atoms with Gasteiger partial charge in [-0.1, -0.05) is 6.92 Å². The molecule has 2 unspecified atom stereocenters. The number of thioether (sulfide) groups is 1. The van der Waals surface area contributed by atoms with Crippen LogP contribution in [0.3, 0.4) is 0 Å². The molecule has 0 aromatic carbocycles. The highest BCUT2D eigenvalue weighted by Gasteiger charge is 2.27. The van der Waals surface area contributed by atoms with Crippen molar-refractivity contribution in [2.45, 2.75) is 43.9 Å². The number of nitrogens with one attached hydrogen (secondary N) is 1. The second-order valence-electron chi connectivity index (χ2n) is 4.63. The Labute approximate surface area is 112 Å². The highest BCUT2D eigenvalue weighted by Crippen LogP contribution is 2.28. The van der Waals surface area contributed by atoms with Gasteiger partial charge in [0.05, 0.1) is 0 Å². The standard InChI is InChI=1S/C12H22N2O3S/c1-3-6-14(8-11(15)16)12(17)13-9-4-5-10(7-9)18-2/h9-10H,3-8H2,1-2H3,(H,13,17)(H,15,16). The summed E-state index contributed by atoms with van der Waals surface area (Å²) in [6.45, 7) is 2.19. The van der Waals surface area contributed by atoms with Gasteiger partial charge >= 0.3 is 12.0 Å². The van der Waals surface area contributed by atoms with Crippen molar-refractivity contribution < 1.29 is 14.7 Å². The van der Waals surface area contributed by atoms with Crippen LogP contribution >= 0.6 is 11.8 Å². The van der Waals surface area contributed by atoms with Gasteiger partial charge in [-0.25, -0.2) is 4.79 Å². The van der Waals surface area contributed by atoms with Gasteiger partial charge in [0.1, 0.15) is 6.54 Å². The number of hydrogen-bond acceptors (Lipinski definition) is 3. The van der Waals surface area contributed by atoms with Crippen LogP contribution in [0, 0.1) is 0 Å². The number of carboxylic acids is 1. The normalized spacial score (nSPS) is 22.8. The van der Waals surface area contributed by atoms with Crippen LogP contribution in [0.25, 0.3) is 0 Å². The van der Waals surface area contributed by atoms with Gasteiger partial charge in [-0.3, -0.25) is 4.79 Å². The molecule has 1 aliphatic carbocycles. The van der Waals surface area contributed by atoms with Crippen molar-refractivity contribution in [3.63, 3.8) is 0 Å². The van der Waals surface area contributed by atoms with Crippen LogP contribution in [0.2, 0.25) is 0 Å². The third-order valence-corrected chi connectivity index (χ3v) is 4.25. The highest BCUT2D eigenvalue weighted by atomic mass is 32.2. The van der Waals surface area contributed by atoms with Crippen molar-refractivity contribution in [3.8, 4) is 0 Å². The molecule has 5 nitrogen and oxygen atoms in total. The lowest BCUT2D eigenvalue weighted by Gasteiger charge is -2.23. The third-order valence-electron chi connectivity index (χ3n) is 3.15. The lowest BCUT2D eigenvalue weighted by Crippen LogP contribution is -2.46. The molecule has 18 heavy (non-hydrogen) atoms. The van der Waals surface area contributed by atoms with Gasteiger partial charge in [0, 0.05) is 17.8 Å². The molecule has 0 bridgehead atoms. The summed E-state index contributed by atoms with van der Waals surface area (Å²) in [5.74, 6) is -0.966. The van der Waals surface area contributed by atoms with Crippen LogP contribution in [0.1, 0.15) is 32.6 Å². The van der Waals surface area contributed by atoms with Crippen molar-refractivity contribution in [2.24, 2.45) is 0 Å². The topological polar surface area (TPSA) is 69.6 Å². The van der Waals surface area contributed by atoms with Gasteiger partial charge in [0.15, 0.2) is 0 Å². The van der Waals surface area contributed by atoms with Gasteiger partial charge in [-0.2, -0.15) is 11.8 Å². The number of amides is 2. The van der Waals surface area contributed by atoms with Gasteiger partial charge < -0.3 is 15.3 Å². The van der Waals surface area contributed by atoms with E-state index in [-0.39, 0.29) is 18.6 Å². The number of nitrogens with zero attached hydrogens (tertiary/aromatic N) is 1. The summed E-state index contributed by atoms with van der Waals surface area (Å²) >= 11 is 1.83. The van der Waals surface area contributed by atoms with Crippen molar-refractivity contribution in [1.29, 1.82) is 0 Å². The molecule has 104 valence electrons. The Kier molecular flexibility index (Phi) is 6.32. The molecule has 6 heteroatoms. The Morgan fingerprint density at radius 2 is 2.17 bits per heavy atom. The molecule has 0 saturated heterocycles. The minimum atomic E-state index is -0.966. The van der Waals surface area contributed by atoms with Crippen LogP contribution < -0.4 is 5.32 Å². The van der Waals surface area contributed by atoms with E-state index in [0.29, 0.717) is 11.8 Å². The van der Waals surface area contributed by atoms with E-state index < -0.39 is 5.97 Å². The fourth-order valence-corrected chi connectivity index (χ4v) is 3.03. The molecule has 1 fully saturated rings. The lowest BCUT2D eigenvalue weighted by atomic mass is 10.2. The average Bonchev–Trinajstić information content (AvgIpc) is 2.75. The first-order valence-corrected chi connectivity index (χ1v) is 7.65. The summed E-state index contributed by atoms with van der Waals surface area (Å²) in [7, 11) is 0. The van der Waals surface area contributed by atoms with E-state index in [1.807, 2.05) is 18.7 Å². The Balaban J connectivity index is 2.43. The first-order valence-electron chi connectivity index (χ1n) is 6.36. The van der Waals surface area contributed by atoms with Crippen molar-refractivity contribution in [2.75, 3.05) is 19.3 Å². The molecular formula is C12H22N2O3S. The maximum atomic E-state index is 12.0. The number of aliphatic carboxylic acids is 1. The van der Waals surface area contributed by atoms with E-state index in [4.69, 9.17) is 5.11 Å². The summed E-state index contributed by atoms with van der Waals surface area (Å²) < 4.78 is 0. The largest absolute Gasteiger partial charge is 0.480 e. The van der Waals surface area contributed by atoms with Gasteiger partial charge in [-0.05, 0) is 31.9 Å². The van der Waals surface area contributed by atoms with Gasteiger partial charge in [0.2, 0.25) is 0 Å². The van der Waals surface area contributed by atoms with E-state index >= 15 is 0 Å². The maximum Gasteiger partial charge on any atom is 0.323 e. The molecule has 2 amide bonds. The van der Waals surface area contributed by atoms with Crippen LogP contribution in [0.15, 0.2) is 0 Å². The molecule has 2 atom stereocenters. The summed E-state index contributed by atoms with van der Waals surface area (Å²) in [4.78, 5) is 24.0. The monoisotopic (exact) mass is 274 g/mol. The van der Waals surface area contributed by atoms with E-state index in [2.05, 4.69) is 11.6 Å². The zero-order chi connectivity index (χ0) is 13.5. The van der Waals surface area contributed by atoms with Crippen LogP contribution in [-0.4, -0.2) is 52.6 Å². The van der Waals surface area contributed by atoms with E-state index in [1.165, 1.54) is 4.90 Å². The SMILES string of the molecule is CCCN(CC(=O)O)C(=O)NC1CCC(SC)C1. The third kappa shape index (κ3) is 4.76. The van der Waals surface area contributed by atoms with Gasteiger partial charge in [0.25, 0.3) is 0 Å². The van der Waals surface area contributed by atoms with Crippen LogP contribution in [-0.2, 0) is 4.79 Å². The van der Waals surface area contributed by atoms with Crippen molar-refractivity contribution in [1.82, 2.24) is 10.2 Å². The molecule has 1 saturated carbocycles. The molecule has 0 aliphatic heterocycles. The Bertz CT molecular complexity index is 299. The summed E-state index contributed by atoms with van der Waals surface area (Å²) in [6, 6.07) is -0.0471. The number of hydrogen-bond donors (Lipinski definition) is 2. The van der Waals surface area contributed by atoms with Crippen molar-refractivity contribution >= 4 is 23.8 Å². The zero-order valence-corrected chi connectivity index (χ0v) is 11.8. The first kappa shape index (κ1) is 15.1. The summed E-state index contributed by atoms with van der Waals surface area (Å²) in [6.07, 6.45) is 5.95. The predicted octanol–water partition coefficient (Wildman–Crippen LogP) is 1.78. The molecule has 2 N–H and O–H groups in total. The lowest BCUT2D eigenvalue weighted by molar-refractivity contribution is -0.137. The smallest absolute Gasteiger partial charge is 0.323 e. The Morgan fingerprint density at radius 1 is 1.44 bits per heavy atom. The Morgan fingerprint density at radius 3 is 2.67 bits per heavy atom. The molecular weight excluding hydrogens is 252 g/mol. The van der Waals surface area contributed by atoms with Crippen molar-refractivity contribution in [3.05, 3.63) is 0 Å². The number of rotatable bonds is 6. The minimum absolute atomic E-state index is 0.197. The highest BCUT2D eigenvalue weighted by molar-refractivity contribution is 7.99. The number of carboxylic acid groups (broad SMARTS) is 1. The van der Waals surface area contributed by atoms with Crippen LogP contribution in [0.4, 0.5) is 4.79 Å². The second kappa shape index (κ2) is 7.51. The maximum absolute atomic E-state index is 12.0. The van der Waals surface area contributed by atoms with E-state index in [1.54, 1.807) is 0 Å². The number of carbonyl (C=O) groups excluding carboxylic acids is 1.